The number of nitrogens with zero attached hydrogens (tertiary/aromatic N) is 1. The first-order chi connectivity index (χ1) is 9.58. The first-order valence-electron chi connectivity index (χ1n) is 6.59. The molecule has 1 aliphatic heterocycles. The van der Waals surface area contributed by atoms with E-state index in [1.165, 1.54) is 12.1 Å². The van der Waals surface area contributed by atoms with Crippen LogP contribution in [0.2, 0.25) is 5.02 Å². The van der Waals surface area contributed by atoms with Crippen molar-refractivity contribution in [1.82, 2.24) is 10.2 Å². The Hall–Kier alpha value is -1.62. The van der Waals surface area contributed by atoms with E-state index in [0.717, 1.165) is 19.0 Å². The van der Waals surface area contributed by atoms with Gasteiger partial charge in [-0.1, -0.05) is 11.6 Å². The molecule has 1 N–H and O–H groups in total. The molecule has 0 aliphatic carbocycles. The third kappa shape index (κ3) is 3.70. The van der Waals surface area contributed by atoms with Gasteiger partial charge in [0.1, 0.15) is 5.82 Å². The molecule has 0 unspecified atom stereocenters. The summed E-state index contributed by atoms with van der Waals surface area (Å²) in [7, 11) is 0. The van der Waals surface area contributed by atoms with Gasteiger partial charge >= 0.3 is 0 Å². The van der Waals surface area contributed by atoms with E-state index in [4.69, 9.17) is 11.6 Å². The number of nitrogens with one attached hydrogen (secondary N) is 1. The Labute approximate surface area is 121 Å². The van der Waals surface area contributed by atoms with Crippen LogP contribution < -0.4 is 5.32 Å². The lowest BCUT2D eigenvalue weighted by Gasteiger charge is -2.15. The van der Waals surface area contributed by atoms with Gasteiger partial charge in [-0.15, -0.1) is 0 Å². The number of hydrogen-bond acceptors (Lipinski definition) is 2. The van der Waals surface area contributed by atoms with Crippen LogP contribution in [0.15, 0.2) is 18.2 Å². The second-order valence-electron chi connectivity index (χ2n) is 4.72. The zero-order chi connectivity index (χ0) is 14.5. The minimum absolute atomic E-state index is 0.0946. The fourth-order valence-electron chi connectivity index (χ4n) is 2.18. The molecule has 0 radical (unpaired) electrons. The number of amides is 2. The molecule has 0 saturated carbocycles. The van der Waals surface area contributed by atoms with Crippen molar-refractivity contribution in [2.45, 2.75) is 19.3 Å². The van der Waals surface area contributed by atoms with Gasteiger partial charge in [-0.05, 0) is 31.0 Å². The maximum atomic E-state index is 12.9. The quantitative estimate of drug-likeness (QED) is 0.848. The Bertz CT molecular complexity index is 522. The van der Waals surface area contributed by atoms with Crippen LogP contribution in [0.5, 0.6) is 0 Å². The van der Waals surface area contributed by atoms with Crippen LogP contribution in [0, 0.1) is 5.82 Å². The van der Waals surface area contributed by atoms with Gasteiger partial charge in [-0.2, -0.15) is 0 Å². The highest BCUT2D eigenvalue weighted by molar-refractivity contribution is 6.33. The molecule has 2 rings (SSSR count). The summed E-state index contributed by atoms with van der Waals surface area (Å²) in [5, 5.41) is 2.81. The molecule has 0 atom stereocenters. The maximum Gasteiger partial charge on any atom is 0.252 e. The Morgan fingerprint density at radius 1 is 1.45 bits per heavy atom. The van der Waals surface area contributed by atoms with Gasteiger partial charge in [0.15, 0.2) is 0 Å². The normalized spacial score (nSPS) is 14.7. The van der Waals surface area contributed by atoms with E-state index in [1.54, 1.807) is 4.90 Å². The molecule has 1 aliphatic rings. The van der Waals surface area contributed by atoms with E-state index < -0.39 is 5.82 Å². The Balaban J connectivity index is 1.76. The molecule has 1 saturated heterocycles. The summed E-state index contributed by atoms with van der Waals surface area (Å²) in [4.78, 5) is 25.0. The highest BCUT2D eigenvalue weighted by Gasteiger charge is 2.19. The van der Waals surface area contributed by atoms with Gasteiger partial charge < -0.3 is 10.2 Å². The zero-order valence-corrected chi connectivity index (χ0v) is 11.8. The largest absolute Gasteiger partial charge is 0.352 e. The van der Waals surface area contributed by atoms with Crippen LogP contribution in [0.25, 0.3) is 0 Å². The lowest BCUT2D eigenvalue weighted by molar-refractivity contribution is -0.127. The van der Waals surface area contributed by atoms with Crippen LogP contribution in [-0.2, 0) is 4.79 Å². The van der Waals surface area contributed by atoms with E-state index in [2.05, 4.69) is 5.32 Å². The molecular weight excluding hydrogens is 283 g/mol. The third-order valence-electron chi connectivity index (χ3n) is 3.24. The molecule has 4 nitrogen and oxygen atoms in total. The molecule has 0 bridgehead atoms. The molecule has 1 heterocycles. The maximum absolute atomic E-state index is 12.9. The van der Waals surface area contributed by atoms with Crippen molar-refractivity contribution in [3.8, 4) is 0 Å². The summed E-state index contributed by atoms with van der Waals surface area (Å²) < 4.78 is 12.9. The van der Waals surface area contributed by atoms with Crippen molar-refractivity contribution in [1.29, 1.82) is 0 Å². The van der Waals surface area contributed by atoms with Gasteiger partial charge in [-0.25, -0.2) is 4.39 Å². The van der Waals surface area contributed by atoms with Gasteiger partial charge in [0.05, 0.1) is 10.6 Å². The van der Waals surface area contributed by atoms with Crippen molar-refractivity contribution in [3.05, 3.63) is 34.6 Å². The fourth-order valence-corrected chi connectivity index (χ4v) is 2.43. The van der Waals surface area contributed by atoms with E-state index in [-0.39, 0.29) is 22.4 Å². The SMILES string of the molecule is O=C(NCCCN1CCCC1=O)c1ccc(F)cc1Cl. The lowest BCUT2D eigenvalue weighted by atomic mass is 10.2. The lowest BCUT2D eigenvalue weighted by Crippen LogP contribution is -2.30. The number of benzene rings is 1. The molecule has 6 heteroatoms. The molecule has 1 fully saturated rings. The molecule has 2 amide bonds. The number of rotatable bonds is 5. The van der Waals surface area contributed by atoms with Crippen LogP contribution in [0.3, 0.4) is 0 Å². The molecule has 0 spiro atoms. The first kappa shape index (κ1) is 14.8. The average molecular weight is 299 g/mol. The minimum Gasteiger partial charge on any atom is -0.352 e. The average Bonchev–Trinajstić information content (AvgIpc) is 2.80. The predicted molar refractivity (Wildman–Crippen MR) is 74.2 cm³/mol. The summed E-state index contributed by atoms with van der Waals surface area (Å²) in [5.41, 5.74) is 0.255. The highest BCUT2D eigenvalue weighted by atomic mass is 35.5. The van der Waals surface area contributed by atoms with Crippen molar-refractivity contribution >= 4 is 23.4 Å². The van der Waals surface area contributed by atoms with Gasteiger partial charge in [-0.3, -0.25) is 9.59 Å². The van der Waals surface area contributed by atoms with E-state index >= 15 is 0 Å². The number of carbonyl (C=O) groups excluding carboxylic acids is 2. The summed E-state index contributed by atoms with van der Waals surface area (Å²) in [6, 6.07) is 3.67. The summed E-state index contributed by atoms with van der Waals surface area (Å²) in [6.07, 6.45) is 2.23. The number of likely N-dealkylation sites (tertiary alicyclic amines) is 1. The molecular formula is C14H16ClFN2O2. The second-order valence-corrected chi connectivity index (χ2v) is 5.13. The third-order valence-corrected chi connectivity index (χ3v) is 3.55. The summed E-state index contributed by atoms with van der Waals surface area (Å²) in [6.45, 7) is 1.91. The summed E-state index contributed by atoms with van der Waals surface area (Å²) >= 11 is 5.81. The molecule has 1 aromatic carbocycles. The monoisotopic (exact) mass is 298 g/mol. The minimum atomic E-state index is -0.473. The number of halogens is 2. The second kappa shape index (κ2) is 6.70. The number of hydrogen-bond donors (Lipinski definition) is 1. The van der Waals surface area contributed by atoms with Gasteiger partial charge in [0, 0.05) is 26.1 Å². The van der Waals surface area contributed by atoms with E-state index in [0.29, 0.717) is 25.9 Å². The van der Waals surface area contributed by atoms with Crippen molar-refractivity contribution in [2.75, 3.05) is 19.6 Å². The Morgan fingerprint density at radius 2 is 2.25 bits per heavy atom. The van der Waals surface area contributed by atoms with Gasteiger partial charge in [0.25, 0.3) is 5.91 Å². The van der Waals surface area contributed by atoms with Crippen molar-refractivity contribution < 1.29 is 14.0 Å². The predicted octanol–water partition coefficient (Wildman–Crippen LogP) is 2.22. The van der Waals surface area contributed by atoms with Crippen LogP contribution in [0.1, 0.15) is 29.6 Å². The van der Waals surface area contributed by atoms with Crippen molar-refractivity contribution in [2.24, 2.45) is 0 Å². The van der Waals surface area contributed by atoms with Crippen LogP contribution >= 0.6 is 11.6 Å². The molecule has 108 valence electrons. The number of carbonyl (C=O) groups is 2. The van der Waals surface area contributed by atoms with Crippen molar-refractivity contribution in [3.63, 3.8) is 0 Å². The first-order valence-corrected chi connectivity index (χ1v) is 6.97. The summed E-state index contributed by atoms with van der Waals surface area (Å²) in [5.74, 6) is -0.625. The fraction of sp³-hybridized carbons (Fsp3) is 0.429. The van der Waals surface area contributed by atoms with Gasteiger partial charge in [0.2, 0.25) is 5.91 Å². The smallest absolute Gasteiger partial charge is 0.252 e. The van der Waals surface area contributed by atoms with E-state index in [1.807, 2.05) is 0 Å². The van der Waals surface area contributed by atoms with Crippen LogP contribution in [0.4, 0.5) is 4.39 Å². The standard InChI is InChI=1S/C14H16ClFN2O2/c15-12-9-10(16)4-5-11(12)14(20)17-6-2-8-18-7-1-3-13(18)19/h4-5,9H,1-3,6-8H2,(H,17,20). The molecule has 20 heavy (non-hydrogen) atoms. The highest BCUT2D eigenvalue weighted by Crippen LogP contribution is 2.17. The Kier molecular flexibility index (Phi) is 4.95. The zero-order valence-electron chi connectivity index (χ0n) is 11.0. The topological polar surface area (TPSA) is 49.4 Å². The van der Waals surface area contributed by atoms with Crippen LogP contribution in [-0.4, -0.2) is 36.3 Å². The Morgan fingerprint density at radius 3 is 2.90 bits per heavy atom. The molecule has 1 aromatic rings. The molecule has 0 aromatic heterocycles. The van der Waals surface area contributed by atoms with E-state index in [9.17, 15) is 14.0 Å².